The molecule has 1 rings (SSSR count). The number of nitrogens with one attached hydrogen (secondary N) is 1. The lowest BCUT2D eigenvalue weighted by Crippen LogP contribution is -2.20. The van der Waals surface area contributed by atoms with Gasteiger partial charge in [-0.05, 0) is 45.1 Å². The zero-order valence-electron chi connectivity index (χ0n) is 11.4. The minimum absolute atomic E-state index is 0.120. The predicted octanol–water partition coefficient (Wildman–Crippen LogP) is 2.94. The third-order valence-corrected chi connectivity index (χ3v) is 2.88. The van der Waals surface area contributed by atoms with Gasteiger partial charge in [-0.1, -0.05) is 18.2 Å². The van der Waals surface area contributed by atoms with Gasteiger partial charge in [0, 0.05) is 18.7 Å². The van der Waals surface area contributed by atoms with Crippen molar-refractivity contribution in [2.45, 2.75) is 25.9 Å². The van der Waals surface area contributed by atoms with E-state index in [0.29, 0.717) is 6.54 Å². The molecule has 100 valence electrons. The molecule has 1 aromatic carbocycles. The van der Waals surface area contributed by atoms with Gasteiger partial charge < -0.3 is 10.2 Å². The van der Waals surface area contributed by atoms with Crippen LogP contribution in [-0.4, -0.2) is 25.5 Å². The smallest absolute Gasteiger partial charge is 0.127 e. The number of unbranched alkanes of at least 4 members (excludes halogenated alkanes) is 1. The van der Waals surface area contributed by atoms with Crippen LogP contribution in [0.25, 0.3) is 0 Å². The minimum Gasteiger partial charge on any atom is -0.316 e. The molecule has 0 heterocycles. The lowest BCUT2D eigenvalue weighted by atomic mass is 10.1. The molecule has 3 heteroatoms. The van der Waals surface area contributed by atoms with E-state index in [9.17, 15) is 4.39 Å². The van der Waals surface area contributed by atoms with Gasteiger partial charge in [0.2, 0.25) is 0 Å². The predicted molar refractivity (Wildman–Crippen MR) is 74.9 cm³/mol. The van der Waals surface area contributed by atoms with Gasteiger partial charge in [0.25, 0.3) is 0 Å². The van der Waals surface area contributed by atoms with Gasteiger partial charge in [-0.3, -0.25) is 0 Å². The summed E-state index contributed by atoms with van der Waals surface area (Å²) in [6.07, 6.45) is 3.99. The quantitative estimate of drug-likeness (QED) is 0.563. The normalized spacial score (nSPS) is 10.9. The van der Waals surface area contributed by atoms with Gasteiger partial charge >= 0.3 is 0 Å². The second kappa shape index (κ2) is 8.01. The van der Waals surface area contributed by atoms with Crippen LogP contribution in [0.1, 0.15) is 24.0 Å². The van der Waals surface area contributed by atoms with Crippen LogP contribution in [0.3, 0.4) is 0 Å². The molecule has 0 aliphatic rings. The van der Waals surface area contributed by atoms with Crippen LogP contribution >= 0.6 is 0 Å². The molecular weight excluding hydrogens is 227 g/mol. The summed E-state index contributed by atoms with van der Waals surface area (Å²) >= 11 is 0. The molecule has 0 atom stereocenters. The Morgan fingerprint density at radius 3 is 2.89 bits per heavy atom. The Morgan fingerprint density at radius 1 is 1.44 bits per heavy atom. The Kier molecular flexibility index (Phi) is 6.61. The molecule has 1 aromatic rings. The Balaban J connectivity index is 2.58. The highest BCUT2D eigenvalue weighted by Crippen LogP contribution is 2.13. The molecule has 0 amide bonds. The summed E-state index contributed by atoms with van der Waals surface area (Å²) in [6.45, 7) is 6.09. The van der Waals surface area contributed by atoms with Crippen molar-refractivity contribution < 1.29 is 4.39 Å². The molecule has 0 unspecified atom stereocenters. The van der Waals surface area contributed by atoms with E-state index in [2.05, 4.69) is 16.8 Å². The van der Waals surface area contributed by atoms with Gasteiger partial charge in [-0.2, -0.15) is 0 Å². The zero-order valence-corrected chi connectivity index (χ0v) is 11.4. The molecule has 0 fully saturated rings. The molecule has 18 heavy (non-hydrogen) atoms. The first-order valence-corrected chi connectivity index (χ1v) is 6.38. The highest BCUT2D eigenvalue weighted by atomic mass is 19.1. The summed E-state index contributed by atoms with van der Waals surface area (Å²) in [7, 11) is 3.91. The topological polar surface area (TPSA) is 15.3 Å². The van der Waals surface area contributed by atoms with E-state index in [-0.39, 0.29) is 5.82 Å². The molecule has 0 bridgehead atoms. The fourth-order valence-electron chi connectivity index (χ4n) is 1.94. The number of nitrogens with zero attached hydrogens (tertiary/aromatic N) is 1. The maximum absolute atomic E-state index is 13.7. The van der Waals surface area contributed by atoms with Crippen LogP contribution in [-0.2, 0) is 13.1 Å². The number of benzene rings is 1. The summed E-state index contributed by atoms with van der Waals surface area (Å²) in [6, 6.07) is 5.32. The van der Waals surface area contributed by atoms with Crippen molar-refractivity contribution in [2.24, 2.45) is 0 Å². The summed E-state index contributed by atoms with van der Waals surface area (Å²) in [4.78, 5) is 2.14. The largest absolute Gasteiger partial charge is 0.316 e. The summed E-state index contributed by atoms with van der Waals surface area (Å²) in [5.74, 6) is -0.120. The number of halogens is 1. The monoisotopic (exact) mass is 250 g/mol. The lowest BCUT2D eigenvalue weighted by molar-refractivity contribution is 0.317. The average molecular weight is 250 g/mol. The van der Waals surface area contributed by atoms with Crippen molar-refractivity contribution in [3.63, 3.8) is 0 Å². The second-order valence-electron chi connectivity index (χ2n) is 4.62. The highest BCUT2D eigenvalue weighted by molar-refractivity contribution is 5.25. The second-order valence-corrected chi connectivity index (χ2v) is 4.62. The number of rotatable bonds is 8. The van der Waals surface area contributed by atoms with Crippen molar-refractivity contribution in [2.75, 3.05) is 20.6 Å². The fraction of sp³-hybridized carbons (Fsp3) is 0.467. The first-order chi connectivity index (χ1) is 8.67. The van der Waals surface area contributed by atoms with Crippen LogP contribution in [0, 0.1) is 5.82 Å². The molecule has 2 nitrogen and oxygen atoms in total. The third kappa shape index (κ3) is 4.98. The van der Waals surface area contributed by atoms with Crippen LogP contribution in [0.4, 0.5) is 4.39 Å². The highest BCUT2D eigenvalue weighted by Gasteiger charge is 2.06. The van der Waals surface area contributed by atoms with Crippen molar-refractivity contribution >= 4 is 0 Å². The number of allylic oxidation sites excluding steroid dienone is 1. The van der Waals surface area contributed by atoms with E-state index in [1.54, 1.807) is 6.07 Å². The molecule has 0 saturated heterocycles. The standard InChI is InChI=1S/C15H23FN2/c1-4-5-6-9-18(3)12-14-10-13(11-17-2)7-8-15(14)16/h4,7-8,10,17H,1,5-6,9,11-12H2,2-3H3. The number of hydrogen-bond acceptors (Lipinski definition) is 2. The number of hydrogen-bond donors (Lipinski definition) is 1. The van der Waals surface area contributed by atoms with E-state index < -0.39 is 0 Å². The van der Waals surface area contributed by atoms with Crippen molar-refractivity contribution in [3.05, 3.63) is 47.8 Å². The molecule has 1 N–H and O–H groups in total. The minimum atomic E-state index is -0.120. The van der Waals surface area contributed by atoms with E-state index in [0.717, 1.165) is 37.1 Å². The fourth-order valence-corrected chi connectivity index (χ4v) is 1.94. The molecular formula is C15H23FN2. The van der Waals surface area contributed by atoms with Gasteiger partial charge in [-0.15, -0.1) is 6.58 Å². The van der Waals surface area contributed by atoms with E-state index in [1.807, 2.05) is 32.3 Å². The first-order valence-electron chi connectivity index (χ1n) is 6.38. The van der Waals surface area contributed by atoms with Gasteiger partial charge in [0.15, 0.2) is 0 Å². The molecule has 0 aliphatic heterocycles. The van der Waals surface area contributed by atoms with Gasteiger partial charge in [-0.25, -0.2) is 4.39 Å². The molecule has 0 saturated carbocycles. The Hall–Kier alpha value is -1.19. The molecule has 0 radical (unpaired) electrons. The van der Waals surface area contributed by atoms with Crippen LogP contribution in [0.5, 0.6) is 0 Å². The maximum atomic E-state index is 13.7. The van der Waals surface area contributed by atoms with E-state index in [4.69, 9.17) is 0 Å². The Morgan fingerprint density at radius 2 is 2.22 bits per heavy atom. The zero-order chi connectivity index (χ0) is 13.4. The maximum Gasteiger partial charge on any atom is 0.127 e. The van der Waals surface area contributed by atoms with E-state index in [1.165, 1.54) is 0 Å². The third-order valence-electron chi connectivity index (χ3n) is 2.88. The molecule has 0 aliphatic carbocycles. The summed E-state index contributed by atoms with van der Waals surface area (Å²) in [5, 5.41) is 3.08. The van der Waals surface area contributed by atoms with Crippen LogP contribution < -0.4 is 5.32 Å². The Labute approximate surface area is 110 Å². The van der Waals surface area contributed by atoms with E-state index >= 15 is 0 Å². The lowest BCUT2D eigenvalue weighted by Gasteiger charge is -2.17. The van der Waals surface area contributed by atoms with Crippen LogP contribution in [0.2, 0.25) is 0 Å². The van der Waals surface area contributed by atoms with Gasteiger partial charge in [0.05, 0.1) is 0 Å². The Bertz CT molecular complexity index is 377. The average Bonchev–Trinajstić information content (AvgIpc) is 2.34. The van der Waals surface area contributed by atoms with Gasteiger partial charge in [0.1, 0.15) is 5.82 Å². The van der Waals surface area contributed by atoms with Crippen molar-refractivity contribution in [3.8, 4) is 0 Å². The summed E-state index contributed by atoms with van der Waals surface area (Å²) < 4.78 is 13.7. The molecule has 0 aromatic heterocycles. The SMILES string of the molecule is C=CCCCN(C)Cc1cc(CNC)ccc1F. The molecule has 0 spiro atoms. The van der Waals surface area contributed by atoms with Crippen molar-refractivity contribution in [1.82, 2.24) is 10.2 Å². The summed E-state index contributed by atoms with van der Waals surface area (Å²) in [5.41, 5.74) is 1.89. The van der Waals surface area contributed by atoms with Crippen LogP contribution in [0.15, 0.2) is 30.9 Å². The first kappa shape index (κ1) is 14.9. The van der Waals surface area contributed by atoms with Crippen molar-refractivity contribution in [1.29, 1.82) is 0 Å².